The lowest BCUT2D eigenvalue weighted by atomic mass is 10.1. The van der Waals surface area contributed by atoms with E-state index in [1.807, 2.05) is 6.07 Å². The fourth-order valence-corrected chi connectivity index (χ4v) is 4.86. The second-order valence-electron chi connectivity index (χ2n) is 5.10. The number of nitrogens with zero attached hydrogens (tertiary/aromatic N) is 1. The van der Waals surface area contributed by atoms with E-state index in [0.29, 0.717) is 23.4 Å². The first-order valence-corrected chi connectivity index (χ1v) is 9.24. The van der Waals surface area contributed by atoms with Gasteiger partial charge < -0.3 is 11.1 Å². The van der Waals surface area contributed by atoms with Gasteiger partial charge in [0.2, 0.25) is 0 Å². The molecule has 0 bridgehead atoms. The molecule has 112 valence electrons. The number of aromatic nitrogens is 1. The van der Waals surface area contributed by atoms with Crippen LogP contribution < -0.4 is 11.1 Å². The molecule has 0 aliphatic carbocycles. The van der Waals surface area contributed by atoms with Crippen LogP contribution >= 0.6 is 11.3 Å². The Labute approximate surface area is 126 Å². The molecule has 1 amide bonds. The van der Waals surface area contributed by atoms with Crippen LogP contribution in [0.25, 0.3) is 10.2 Å². The molecule has 0 unspecified atom stereocenters. The Morgan fingerprint density at radius 2 is 2.10 bits per heavy atom. The number of fused-ring (bicyclic) bond motifs is 1. The zero-order valence-electron chi connectivity index (χ0n) is 11.2. The molecular formula is C13H15N3O3S2. The fourth-order valence-electron chi connectivity index (χ4n) is 2.41. The molecule has 3 heterocycles. The van der Waals surface area contributed by atoms with Crippen LogP contribution in [0.3, 0.4) is 0 Å². The molecule has 0 spiro atoms. The van der Waals surface area contributed by atoms with E-state index in [9.17, 15) is 13.2 Å². The minimum Gasteiger partial charge on any atom is -0.397 e. The van der Waals surface area contributed by atoms with Gasteiger partial charge in [-0.15, -0.1) is 11.3 Å². The van der Waals surface area contributed by atoms with Crippen molar-refractivity contribution >= 4 is 43.0 Å². The highest BCUT2D eigenvalue weighted by Gasteiger charge is 2.26. The summed E-state index contributed by atoms with van der Waals surface area (Å²) in [4.78, 5) is 17.7. The first-order chi connectivity index (χ1) is 9.96. The highest BCUT2D eigenvalue weighted by Crippen LogP contribution is 2.32. The van der Waals surface area contributed by atoms with Crippen LogP contribution in [0.2, 0.25) is 0 Å². The molecule has 3 N–H and O–H groups in total. The average Bonchev–Trinajstić information content (AvgIpc) is 2.79. The fraction of sp³-hybridized carbons (Fsp3) is 0.385. The van der Waals surface area contributed by atoms with Crippen LogP contribution in [-0.4, -0.2) is 36.9 Å². The molecule has 2 aromatic rings. The molecule has 1 saturated heterocycles. The van der Waals surface area contributed by atoms with E-state index < -0.39 is 9.84 Å². The highest BCUT2D eigenvalue weighted by atomic mass is 32.2. The number of nitrogen functional groups attached to an aromatic ring is 1. The van der Waals surface area contributed by atoms with E-state index >= 15 is 0 Å². The Morgan fingerprint density at radius 1 is 1.38 bits per heavy atom. The van der Waals surface area contributed by atoms with E-state index in [0.717, 1.165) is 10.2 Å². The standard InChI is InChI=1S/C13H15N3O3S2/c14-10-9-2-1-5-15-13(9)20-11(10)12(17)16-8-3-6-21(18,19)7-4-8/h1-2,5,8H,3-4,6-7,14H2,(H,16,17). The third kappa shape index (κ3) is 2.86. The number of sulfone groups is 1. The molecule has 21 heavy (non-hydrogen) atoms. The summed E-state index contributed by atoms with van der Waals surface area (Å²) in [5.41, 5.74) is 6.44. The number of anilines is 1. The summed E-state index contributed by atoms with van der Waals surface area (Å²) in [5.74, 6) is 0.00259. The number of carbonyl (C=O) groups excluding carboxylic acids is 1. The van der Waals surface area contributed by atoms with Gasteiger partial charge in [0.15, 0.2) is 0 Å². The van der Waals surface area contributed by atoms with Crippen molar-refractivity contribution in [1.29, 1.82) is 0 Å². The van der Waals surface area contributed by atoms with Crippen LogP contribution in [0, 0.1) is 0 Å². The van der Waals surface area contributed by atoms with Gasteiger partial charge in [-0.2, -0.15) is 0 Å². The van der Waals surface area contributed by atoms with Crippen LogP contribution in [-0.2, 0) is 9.84 Å². The average molecular weight is 325 g/mol. The Bertz CT molecular complexity index is 784. The number of carbonyl (C=O) groups is 1. The van der Waals surface area contributed by atoms with Gasteiger partial charge in [-0.1, -0.05) is 0 Å². The number of pyridine rings is 1. The SMILES string of the molecule is Nc1c(C(=O)NC2CCS(=O)(=O)CC2)sc2ncccc12. The molecule has 6 nitrogen and oxygen atoms in total. The molecule has 0 radical (unpaired) electrons. The predicted octanol–water partition coefficient (Wildman–Crippen LogP) is 1.19. The van der Waals surface area contributed by atoms with Crippen molar-refractivity contribution in [3.8, 4) is 0 Å². The summed E-state index contributed by atoms with van der Waals surface area (Å²) in [5, 5.41) is 3.65. The highest BCUT2D eigenvalue weighted by molar-refractivity contribution is 7.91. The largest absolute Gasteiger partial charge is 0.397 e. The normalized spacial score (nSPS) is 18.7. The lowest BCUT2D eigenvalue weighted by Crippen LogP contribution is -2.40. The van der Waals surface area contributed by atoms with Crippen LogP contribution in [0.1, 0.15) is 22.5 Å². The first kappa shape index (κ1) is 14.3. The summed E-state index contributed by atoms with van der Waals surface area (Å²) < 4.78 is 22.8. The number of hydrogen-bond donors (Lipinski definition) is 2. The Hall–Kier alpha value is -1.67. The zero-order chi connectivity index (χ0) is 15.0. The smallest absolute Gasteiger partial charge is 0.263 e. The molecule has 0 atom stereocenters. The minimum absolute atomic E-state index is 0.112. The maximum absolute atomic E-state index is 12.3. The Kier molecular flexibility index (Phi) is 3.58. The Morgan fingerprint density at radius 3 is 2.76 bits per heavy atom. The van der Waals surface area contributed by atoms with E-state index in [4.69, 9.17) is 5.73 Å². The number of amides is 1. The predicted molar refractivity (Wildman–Crippen MR) is 83.2 cm³/mol. The van der Waals surface area contributed by atoms with Crippen molar-refractivity contribution in [3.63, 3.8) is 0 Å². The van der Waals surface area contributed by atoms with Crippen molar-refractivity contribution in [2.24, 2.45) is 0 Å². The van der Waals surface area contributed by atoms with Gasteiger partial charge in [0.1, 0.15) is 19.5 Å². The topological polar surface area (TPSA) is 102 Å². The van der Waals surface area contributed by atoms with Crippen molar-refractivity contribution in [2.45, 2.75) is 18.9 Å². The van der Waals surface area contributed by atoms with Crippen LogP contribution in [0.5, 0.6) is 0 Å². The van der Waals surface area contributed by atoms with E-state index in [1.165, 1.54) is 11.3 Å². The van der Waals surface area contributed by atoms with Gasteiger partial charge in [-0.25, -0.2) is 13.4 Å². The summed E-state index contributed by atoms with van der Waals surface area (Å²) in [6.45, 7) is 0. The third-order valence-electron chi connectivity index (χ3n) is 3.60. The van der Waals surface area contributed by atoms with Crippen molar-refractivity contribution in [1.82, 2.24) is 10.3 Å². The number of nitrogens with two attached hydrogens (primary N) is 1. The monoisotopic (exact) mass is 325 g/mol. The van der Waals surface area contributed by atoms with Crippen LogP contribution in [0.15, 0.2) is 18.3 Å². The van der Waals surface area contributed by atoms with E-state index in [1.54, 1.807) is 12.3 Å². The summed E-state index contributed by atoms with van der Waals surface area (Å²) in [7, 11) is -2.93. The second kappa shape index (κ2) is 5.27. The number of hydrogen-bond acceptors (Lipinski definition) is 6. The summed E-state index contributed by atoms with van der Waals surface area (Å²) in [6.07, 6.45) is 2.57. The second-order valence-corrected chi connectivity index (χ2v) is 8.40. The number of rotatable bonds is 2. The van der Waals surface area contributed by atoms with Gasteiger partial charge >= 0.3 is 0 Å². The molecule has 0 aromatic carbocycles. The molecular weight excluding hydrogens is 310 g/mol. The quantitative estimate of drug-likeness (QED) is 0.863. The van der Waals surface area contributed by atoms with E-state index in [2.05, 4.69) is 10.3 Å². The Balaban J connectivity index is 1.77. The molecule has 3 rings (SSSR count). The van der Waals surface area contributed by atoms with Crippen LogP contribution in [0.4, 0.5) is 5.69 Å². The maximum atomic E-state index is 12.3. The minimum atomic E-state index is -2.93. The maximum Gasteiger partial charge on any atom is 0.263 e. The molecule has 8 heteroatoms. The molecule has 2 aromatic heterocycles. The molecule has 1 aliphatic rings. The summed E-state index contributed by atoms with van der Waals surface area (Å²) in [6, 6.07) is 3.50. The van der Waals surface area contributed by atoms with Gasteiger partial charge in [0.05, 0.1) is 17.2 Å². The zero-order valence-corrected chi connectivity index (χ0v) is 12.8. The van der Waals surface area contributed by atoms with Crippen molar-refractivity contribution < 1.29 is 13.2 Å². The molecule has 1 aliphatic heterocycles. The van der Waals surface area contributed by atoms with Crippen molar-refractivity contribution in [3.05, 3.63) is 23.2 Å². The van der Waals surface area contributed by atoms with Gasteiger partial charge in [0, 0.05) is 17.6 Å². The van der Waals surface area contributed by atoms with E-state index in [-0.39, 0.29) is 23.5 Å². The third-order valence-corrected chi connectivity index (χ3v) is 6.44. The first-order valence-electron chi connectivity index (χ1n) is 6.60. The van der Waals surface area contributed by atoms with Crippen molar-refractivity contribution in [2.75, 3.05) is 17.2 Å². The van der Waals surface area contributed by atoms with Gasteiger partial charge in [0.25, 0.3) is 5.91 Å². The number of nitrogens with one attached hydrogen (secondary N) is 1. The molecule has 0 saturated carbocycles. The lowest BCUT2D eigenvalue weighted by Gasteiger charge is -2.22. The van der Waals surface area contributed by atoms with Gasteiger partial charge in [-0.05, 0) is 25.0 Å². The van der Waals surface area contributed by atoms with Gasteiger partial charge in [-0.3, -0.25) is 4.79 Å². The number of thiophene rings is 1. The summed E-state index contributed by atoms with van der Waals surface area (Å²) >= 11 is 1.25. The molecule has 1 fully saturated rings. The lowest BCUT2D eigenvalue weighted by molar-refractivity contribution is 0.0939.